The quantitative estimate of drug-likeness (QED) is 0.157. The van der Waals surface area contributed by atoms with Crippen molar-refractivity contribution in [2.75, 3.05) is 4.90 Å². The average Bonchev–Trinajstić information content (AvgIpc) is 3.76. The molecule has 9 aromatic carbocycles. The topological polar surface area (TPSA) is 28.4 Å². The van der Waals surface area contributed by atoms with Crippen molar-refractivity contribution >= 4 is 44.6 Å². The van der Waals surface area contributed by atoms with Gasteiger partial charge in [0.15, 0.2) is 0 Å². The summed E-state index contributed by atoms with van der Waals surface area (Å²) >= 11 is 0. The molecule has 2 atom stereocenters. The zero-order chi connectivity index (χ0) is 43.0. The van der Waals surface area contributed by atoms with E-state index in [0.29, 0.717) is 0 Å². The molecule has 0 aliphatic carbocycles. The molecule has 0 fully saturated rings. The first kappa shape index (κ1) is 38.9. The summed E-state index contributed by atoms with van der Waals surface area (Å²) < 4.78 is 6.89. The number of nitrogens with one attached hydrogen (secondary N) is 1. The fourth-order valence-corrected chi connectivity index (χ4v) is 9.64. The van der Waals surface area contributed by atoms with Gasteiger partial charge >= 0.3 is 0 Å². The molecule has 0 radical (unpaired) electrons. The summed E-state index contributed by atoms with van der Waals surface area (Å²) in [6.45, 7) is 6.97. The molecule has 1 aromatic heterocycles. The number of rotatable bonds is 9. The molecule has 0 bridgehead atoms. The Labute approximate surface area is 374 Å². The second-order valence-electron chi connectivity index (χ2n) is 16.6. The van der Waals surface area contributed by atoms with Gasteiger partial charge in [0, 0.05) is 33.4 Å². The lowest BCUT2D eigenvalue weighted by Gasteiger charge is -2.37. The van der Waals surface area contributed by atoms with Crippen LogP contribution in [-0.2, 0) is 0 Å². The Morgan fingerprint density at radius 3 is 1.44 bits per heavy atom. The minimum absolute atomic E-state index is 0.0717. The smallest absolute Gasteiger partial charge is 0.143 e. The van der Waals surface area contributed by atoms with Crippen molar-refractivity contribution in [3.8, 4) is 33.4 Å². The van der Waals surface area contributed by atoms with Gasteiger partial charge in [-0.05, 0) is 111 Å². The predicted octanol–water partition coefficient (Wildman–Crippen LogP) is 16.5. The molecule has 3 nitrogen and oxygen atoms in total. The maximum absolute atomic E-state index is 6.89. The Kier molecular flexibility index (Phi) is 10.2. The molecule has 10 aromatic rings. The summed E-state index contributed by atoms with van der Waals surface area (Å²) in [6, 6.07) is 81.9. The van der Waals surface area contributed by atoms with Crippen LogP contribution in [0.1, 0.15) is 35.7 Å². The fourth-order valence-electron chi connectivity index (χ4n) is 9.64. The average molecular weight is 823 g/mol. The molecule has 1 N–H and O–H groups in total. The molecule has 64 heavy (non-hydrogen) atoms. The van der Waals surface area contributed by atoms with Crippen molar-refractivity contribution in [2.45, 2.75) is 19.0 Å². The Morgan fingerprint density at radius 1 is 0.438 bits per heavy atom. The largest absolute Gasteiger partial charge is 0.455 e. The number of nitrogens with zero attached hydrogens (tertiary/aromatic N) is 1. The summed E-state index contributed by atoms with van der Waals surface area (Å²) in [7, 11) is 0. The van der Waals surface area contributed by atoms with E-state index in [1.54, 1.807) is 0 Å². The normalized spacial score (nSPS) is 15.2. The summed E-state index contributed by atoms with van der Waals surface area (Å²) in [5.74, 6) is 0. The van der Waals surface area contributed by atoms with Crippen molar-refractivity contribution in [3.05, 3.63) is 265 Å². The van der Waals surface area contributed by atoms with Gasteiger partial charge in [0.05, 0.1) is 12.1 Å². The zero-order valence-corrected chi connectivity index (χ0v) is 35.7. The van der Waals surface area contributed by atoms with Gasteiger partial charge < -0.3 is 9.32 Å². The van der Waals surface area contributed by atoms with Gasteiger partial charge in [-0.2, -0.15) is 0 Å². The lowest BCUT2D eigenvalue weighted by molar-refractivity contribution is 0.522. The summed E-state index contributed by atoms with van der Waals surface area (Å²) in [4.78, 5) is 2.33. The van der Waals surface area contributed by atoms with Crippen LogP contribution in [0.5, 0.6) is 0 Å². The lowest BCUT2D eigenvalue weighted by atomic mass is 9.78. The third kappa shape index (κ3) is 7.12. The first-order valence-electron chi connectivity index (χ1n) is 22.0. The van der Waals surface area contributed by atoms with Crippen LogP contribution in [0.15, 0.2) is 253 Å². The van der Waals surface area contributed by atoms with Crippen LogP contribution >= 0.6 is 0 Å². The Hall–Kier alpha value is -7.98. The highest BCUT2D eigenvalue weighted by Gasteiger charge is 2.34. The number of furan rings is 1. The van der Waals surface area contributed by atoms with Gasteiger partial charge in [-0.15, -0.1) is 0 Å². The second kappa shape index (κ2) is 16.7. The third-order valence-corrected chi connectivity index (χ3v) is 12.8. The standard InChI is InChI=1S/C61H46N2O/c1-41-57(48-21-11-5-12-22-48)42(2)60(62-59(41)49-23-13-6-14-24-49)55-40-39-53(61-58(55)54-25-15-16-26-56(54)64-61)47-31-37-52(38-32-47)63(50-33-27-45(28-34-50)43-17-7-3-8-18-43)51-35-29-46(30-36-51)44-19-9-4-10-20-44/h3-40,59-60,62H,1H2,2H3. The van der Waals surface area contributed by atoms with E-state index in [1.807, 2.05) is 0 Å². The Bertz CT molecular complexity index is 3200. The van der Waals surface area contributed by atoms with E-state index in [0.717, 1.165) is 55.7 Å². The van der Waals surface area contributed by atoms with Gasteiger partial charge in [0.1, 0.15) is 11.2 Å². The van der Waals surface area contributed by atoms with Crippen molar-refractivity contribution in [1.29, 1.82) is 0 Å². The maximum atomic E-state index is 6.89. The van der Waals surface area contributed by atoms with E-state index >= 15 is 0 Å². The van der Waals surface area contributed by atoms with Crippen LogP contribution in [0, 0.1) is 0 Å². The minimum Gasteiger partial charge on any atom is -0.455 e. The first-order valence-corrected chi connectivity index (χ1v) is 22.0. The lowest BCUT2D eigenvalue weighted by Crippen LogP contribution is -2.33. The molecule has 3 heteroatoms. The van der Waals surface area contributed by atoms with Gasteiger partial charge in [0.2, 0.25) is 0 Å². The zero-order valence-electron chi connectivity index (χ0n) is 35.7. The van der Waals surface area contributed by atoms with E-state index < -0.39 is 0 Å². The highest BCUT2D eigenvalue weighted by Crippen LogP contribution is 2.48. The van der Waals surface area contributed by atoms with Crippen molar-refractivity contribution in [1.82, 2.24) is 5.32 Å². The molecule has 0 spiro atoms. The van der Waals surface area contributed by atoms with Crippen molar-refractivity contribution in [3.63, 3.8) is 0 Å². The summed E-state index contributed by atoms with van der Waals surface area (Å²) in [5, 5.41) is 6.29. The van der Waals surface area contributed by atoms with Gasteiger partial charge in [-0.25, -0.2) is 0 Å². The van der Waals surface area contributed by atoms with Crippen LogP contribution in [0.3, 0.4) is 0 Å². The molecule has 1 aliphatic rings. The van der Waals surface area contributed by atoms with Crippen LogP contribution in [-0.4, -0.2) is 0 Å². The number of benzene rings is 9. The number of anilines is 3. The molecular weight excluding hydrogens is 777 g/mol. The monoisotopic (exact) mass is 822 g/mol. The maximum Gasteiger partial charge on any atom is 0.143 e. The van der Waals surface area contributed by atoms with Crippen LogP contribution in [0.2, 0.25) is 0 Å². The molecule has 2 heterocycles. The molecule has 0 amide bonds. The van der Waals surface area contributed by atoms with E-state index in [1.165, 1.54) is 50.1 Å². The van der Waals surface area contributed by atoms with Crippen molar-refractivity contribution < 1.29 is 4.42 Å². The third-order valence-electron chi connectivity index (χ3n) is 12.8. The molecule has 1 aliphatic heterocycles. The molecule has 0 saturated heterocycles. The highest BCUT2D eigenvalue weighted by molar-refractivity contribution is 6.12. The van der Waals surface area contributed by atoms with Crippen molar-refractivity contribution in [2.24, 2.45) is 0 Å². The SMILES string of the molecule is C=C1C(c2ccccc2)=C(C)C(c2ccc(-c3ccc(N(c4ccc(-c5ccccc5)cc4)c4ccc(-c5ccccc5)cc4)cc3)c3oc4ccccc4c23)NC1c1ccccc1. The molecular formula is C61H46N2O. The van der Waals surface area contributed by atoms with Gasteiger partial charge in [0.25, 0.3) is 0 Å². The predicted molar refractivity (Wildman–Crippen MR) is 268 cm³/mol. The van der Waals surface area contributed by atoms with E-state index in [-0.39, 0.29) is 12.1 Å². The first-order chi connectivity index (χ1) is 31.6. The minimum atomic E-state index is -0.0963. The Morgan fingerprint density at radius 2 is 0.891 bits per heavy atom. The van der Waals surface area contributed by atoms with Gasteiger partial charge in [-0.1, -0.05) is 195 Å². The number of para-hydroxylation sites is 1. The van der Waals surface area contributed by atoms with Gasteiger partial charge in [-0.3, -0.25) is 5.32 Å². The Balaban J connectivity index is 1.01. The van der Waals surface area contributed by atoms with E-state index in [4.69, 9.17) is 11.0 Å². The van der Waals surface area contributed by atoms with Crippen LogP contribution in [0.4, 0.5) is 17.1 Å². The molecule has 0 saturated carbocycles. The number of hydrogen-bond acceptors (Lipinski definition) is 3. The fraction of sp³-hybridized carbons (Fsp3) is 0.0492. The molecule has 306 valence electrons. The number of fused-ring (bicyclic) bond motifs is 3. The summed E-state index contributed by atoms with van der Waals surface area (Å²) in [6.07, 6.45) is 0. The van der Waals surface area contributed by atoms with E-state index in [2.05, 4.69) is 248 Å². The molecule has 11 rings (SSSR count). The summed E-state index contributed by atoms with van der Waals surface area (Å²) in [5.41, 5.74) is 18.9. The van der Waals surface area contributed by atoms with Crippen LogP contribution in [0.25, 0.3) is 60.9 Å². The highest BCUT2D eigenvalue weighted by atomic mass is 16.3. The molecule has 2 unspecified atom stereocenters. The van der Waals surface area contributed by atoms with Crippen LogP contribution < -0.4 is 10.2 Å². The van der Waals surface area contributed by atoms with E-state index in [9.17, 15) is 0 Å². The number of hydrogen-bond donors (Lipinski definition) is 1. The second-order valence-corrected chi connectivity index (χ2v) is 16.6.